The van der Waals surface area contributed by atoms with Crippen molar-refractivity contribution in [3.63, 3.8) is 0 Å². The zero-order valence-corrected chi connectivity index (χ0v) is 7.66. The van der Waals surface area contributed by atoms with Crippen molar-refractivity contribution in [2.24, 2.45) is 5.92 Å². The summed E-state index contributed by atoms with van der Waals surface area (Å²) in [5.74, 6) is 0.851. The fourth-order valence-corrected chi connectivity index (χ4v) is 2.34. The van der Waals surface area contributed by atoms with E-state index in [9.17, 15) is 0 Å². The number of nitrogens with one attached hydrogen (secondary N) is 1. The molecule has 2 rings (SSSR count). The molecule has 0 radical (unpaired) electrons. The molecule has 2 aliphatic rings. The van der Waals surface area contributed by atoms with Crippen molar-refractivity contribution in [1.29, 1.82) is 0 Å². The normalized spacial score (nSPS) is 42.0. The van der Waals surface area contributed by atoms with E-state index in [0.29, 0.717) is 6.04 Å². The highest BCUT2D eigenvalue weighted by atomic mass is 16.3. The predicted molar refractivity (Wildman–Crippen MR) is 48.0 cm³/mol. The molecule has 12 heavy (non-hydrogen) atoms. The summed E-state index contributed by atoms with van der Waals surface area (Å²) in [6.07, 6.45) is 1.14. The molecule has 0 amide bonds. The molecule has 2 bridgehead atoms. The maximum Gasteiger partial charge on any atom is 0.0636 e. The molecule has 70 valence electrons. The van der Waals surface area contributed by atoms with E-state index < -0.39 is 0 Å². The summed E-state index contributed by atoms with van der Waals surface area (Å²) in [7, 11) is 0. The van der Waals surface area contributed by atoms with Gasteiger partial charge in [-0.15, -0.1) is 0 Å². The Kier molecular flexibility index (Phi) is 2.35. The third kappa shape index (κ3) is 1.63. The van der Waals surface area contributed by atoms with E-state index in [1.165, 1.54) is 26.1 Å². The number of nitrogens with zero attached hydrogens (tertiary/aromatic N) is 1. The summed E-state index contributed by atoms with van der Waals surface area (Å²) >= 11 is 0. The van der Waals surface area contributed by atoms with Gasteiger partial charge >= 0.3 is 0 Å². The Hall–Kier alpha value is -0.120. The molecular formula is C9H18N2O. The summed E-state index contributed by atoms with van der Waals surface area (Å²) in [6.45, 7) is 6.34. The fourth-order valence-electron chi connectivity index (χ4n) is 2.34. The molecule has 0 aromatic heterocycles. The minimum Gasteiger partial charge on any atom is -0.392 e. The number of piperidine rings is 1. The fraction of sp³-hybridized carbons (Fsp3) is 1.00. The molecule has 3 unspecified atom stereocenters. The van der Waals surface area contributed by atoms with E-state index in [1.54, 1.807) is 0 Å². The van der Waals surface area contributed by atoms with Crippen LogP contribution < -0.4 is 5.32 Å². The van der Waals surface area contributed by atoms with Gasteiger partial charge in [0.1, 0.15) is 0 Å². The molecule has 2 N–H and O–H groups in total. The zero-order valence-electron chi connectivity index (χ0n) is 7.66. The Bertz CT molecular complexity index is 161. The Morgan fingerprint density at radius 1 is 1.58 bits per heavy atom. The molecule has 4 atom stereocenters. The van der Waals surface area contributed by atoms with Crippen LogP contribution in [0.5, 0.6) is 0 Å². The van der Waals surface area contributed by atoms with Crippen LogP contribution in [0.25, 0.3) is 0 Å². The van der Waals surface area contributed by atoms with Gasteiger partial charge in [0.2, 0.25) is 0 Å². The standard InChI is InChI=1S/C9H18N2O/c1-7(12)4-10-9-6-11-3-2-8(9)5-11/h7-10,12H,2-6H2,1H3/t7-,8?,9?/m0/s1. The van der Waals surface area contributed by atoms with E-state index in [1.807, 2.05) is 6.92 Å². The van der Waals surface area contributed by atoms with Crippen LogP contribution in [-0.2, 0) is 0 Å². The quantitative estimate of drug-likeness (QED) is 0.608. The molecule has 2 saturated heterocycles. The average Bonchev–Trinajstić information content (AvgIpc) is 2.60. The number of hydrogen-bond acceptors (Lipinski definition) is 3. The smallest absolute Gasteiger partial charge is 0.0636 e. The van der Waals surface area contributed by atoms with Gasteiger partial charge in [0, 0.05) is 25.7 Å². The van der Waals surface area contributed by atoms with E-state index in [0.717, 1.165) is 12.5 Å². The molecule has 0 aliphatic carbocycles. The lowest BCUT2D eigenvalue weighted by atomic mass is 10.00. The number of hydrogen-bond donors (Lipinski definition) is 2. The molecule has 2 fully saturated rings. The van der Waals surface area contributed by atoms with Crippen molar-refractivity contribution < 1.29 is 5.11 Å². The van der Waals surface area contributed by atoms with Crippen LogP contribution in [0.15, 0.2) is 0 Å². The molecular weight excluding hydrogens is 152 g/mol. The third-order valence-electron chi connectivity index (χ3n) is 3.01. The molecule has 2 aliphatic heterocycles. The van der Waals surface area contributed by atoms with E-state index in [2.05, 4.69) is 10.2 Å². The second kappa shape index (κ2) is 3.32. The summed E-state index contributed by atoms with van der Waals surface area (Å²) in [6, 6.07) is 0.647. The highest BCUT2D eigenvalue weighted by molar-refractivity contribution is 4.94. The van der Waals surface area contributed by atoms with Gasteiger partial charge in [0.15, 0.2) is 0 Å². The van der Waals surface area contributed by atoms with Crippen LogP contribution in [0.1, 0.15) is 13.3 Å². The van der Waals surface area contributed by atoms with Gasteiger partial charge in [-0.2, -0.15) is 0 Å². The van der Waals surface area contributed by atoms with Crippen molar-refractivity contribution in [2.45, 2.75) is 25.5 Å². The van der Waals surface area contributed by atoms with Gasteiger partial charge in [-0.1, -0.05) is 0 Å². The zero-order chi connectivity index (χ0) is 8.55. The largest absolute Gasteiger partial charge is 0.392 e. The summed E-state index contributed by atoms with van der Waals surface area (Å²) in [5.41, 5.74) is 0. The van der Waals surface area contributed by atoms with Crippen molar-refractivity contribution >= 4 is 0 Å². The lowest BCUT2D eigenvalue weighted by Crippen LogP contribution is -2.42. The third-order valence-corrected chi connectivity index (χ3v) is 3.01. The molecule has 2 heterocycles. The van der Waals surface area contributed by atoms with Crippen LogP contribution in [-0.4, -0.2) is 48.3 Å². The molecule has 0 aromatic carbocycles. The predicted octanol–water partition coefficient (Wildman–Crippen LogP) is -0.339. The first kappa shape index (κ1) is 8.48. The topological polar surface area (TPSA) is 35.5 Å². The van der Waals surface area contributed by atoms with Crippen molar-refractivity contribution in [1.82, 2.24) is 10.2 Å². The second-order valence-corrected chi connectivity index (χ2v) is 4.17. The minimum atomic E-state index is -0.209. The maximum atomic E-state index is 9.11. The first-order valence-corrected chi connectivity index (χ1v) is 4.89. The van der Waals surface area contributed by atoms with Gasteiger partial charge < -0.3 is 15.3 Å². The van der Waals surface area contributed by atoms with Crippen LogP contribution in [0.3, 0.4) is 0 Å². The van der Waals surface area contributed by atoms with Gasteiger partial charge in [-0.25, -0.2) is 0 Å². The average molecular weight is 170 g/mol. The van der Waals surface area contributed by atoms with Gasteiger partial charge in [0.25, 0.3) is 0 Å². The van der Waals surface area contributed by atoms with Crippen molar-refractivity contribution in [3.8, 4) is 0 Å². The van der Waals surface area contributed by atoms with Gasteiger partial charge in [-0.3, -0.25) is 0 Å². The first-order chi connectivity index (χ1) is 5.75. The van der Waals surface area contributed by atoms with Crippen LogP contribution in [0, 0.1) is 5.92 Å². The Labute approximate surface area is 73.8 Å². The van der Waals surface area contributed by atoms with Crippen LogP contribution >= 0.6 is 0 Å². The minimum absolute atomic E-state index is 0.209. The Morgan fingerprint density at radius 3 is 2.92 bits per heavy atom. The molecule has 0 saturated carbocycles. The number of fused-ring (bicyclic) bond motifs is 2. The number of aliphatic hydroxyl groups excluding tert-OH is 1. The van der Waals surface area contributed by atoms with Crippen molar-refractivity contribution in [3.05, 3.63) is 0 Å². The van der Waals surface area contributed by atoms with E-state index in [-0.39, 0.29) is 6.10 Å². The summed E-state index contributed by atoms with van der Waals surface area (Å²) in [4.78, 5) is 2.50. The molecule has 0 aromatic rings. The number of rotatable bonds is 3. The summed E-state index contributed by atoms with van der Waals surface area (Å²) in [5, 5.41) is 12.5. The second-order valence-electron chi connectivity index (χ2n) is 4.17. The summed E-state index contributed by atoms with van der Waals surface area (Å²) < 4.78 is 0. The van der Waals surface area contributed by atoms with Crippen LogP contribution in [0.2, 0.25) is 0 Å². The SMILES string of the molecule is C[C@H](O)CNC1CN2CCC1C2. The van der Waals surface area contributed by atoms with Gasteiger partial charge in [-0.05, 0) is 25.8 Å². The van der Waals surface area contributed by atoms with E-state index in [4.69, 9.17) is 5.11 Å². The van der Waals surface area contributed by atoms with Gasteiger partial charge in [0.05, 0.1) is 6.10 Å². The van der Waals surface area contributed by atoms with Crippen LogP contribution in [0.4, 0.5) is 0 Å². The van der Waals surface area contributed by atoms with Crippen molar-refractivity contribution in [2.75, 3.05) is 26.2 Å². The Balaban J connectivity index is 1.76. The monoisotopic (exact) mass is 170 g/mol. The van der Waals surface area contributed by atoms with E-state index >= 15 is 0 Å². The first-order valence-electron chi connectivity index (χ1n) is 4.89. The maximum absolute atomic E-state index is 9.11. The number of aliphatic hydroxyl groups is 1. The Morgan fingerprint density at radius 2 is 2.42 bits per heavy atom. The molecule has 3 heteroatoms. The highest BCUT2D eigenvalue weighted by Gasteiger charge is 2.37. The molecule has 3 nitrogen and oxygen atoms in total. The highest BCUT2D eigenvalue weighted by Crippen LogP contribution is 2.27. The molecule has 0 spiro atoms. The lowest BCUT2D eigenvalue weighted by Gasteiger charge is -2.23. The lowest BCUT2D eigenvalue weighted by molar-refractivity contribution is 0.179.